The van der Waals surface area contributed by atoms with Gasteiger partial charge in [-0.3, -0.25) is 0 Å². The Balaban J connectivity index is 2.53. The van der Waals surface area contributed by atoms with Crippen molar-refractivity contribution < 1.29 is 18.3 Å². The van der Waals surface area contributed by atoms with Crippen LogP contribution in [0.2, 0.25) is 36.3 Å². The number of allylic oxidation sites excluding steroid dienone is 1. The zero-order valence-electron chi connectivity index (χ0n) is 22.8. The van der Waals surface area contributed by atoms with Crippen LogP contribution in [0.25, 0.3) is 0 Å². The van der Waals surface area contributed by atoms with Crippen LogP contribution < -0.4 is 0 Å². The molecule has 0 N–H and O–H groups in total. The monoisotopic (exact) mass is 472 g/mol. The molecule has 1 rings (SSSR count). The van der Waals surface area contributed by atoms with E-state index in [1.54, 1.807) is 0 Å². The number of hydrogen-bond acceptors (Lipinski definition) is 4. The maximum Gasteiger partial charge on any atom is 0.192 e. The lowest BCUT2D eigenvalue weighted by Gasteiger charge is -2.38. The Hall–Kier alpha value is 0.0138. The summed E-state index contributed by atoms with van der Waals surface area (Å²) >= 11 is 0. The lowest BCUT2D eigenvalue weighted by atomic mass is 10.1. The van der Waals surface area contributed by atoms with Gasteiger partial charge in [-0.1, -0.05) is 53.7 Å². The molecule has 0 aromatic carbocycles. The van der Waals surface area contributed by atoms with Crippen LogP contribution in [-0.2, 0) is 18.3 Å². The van der Waals surface area contributed by atoms with E-state index in [0.29, 0.717) is 6.61 Å². The maximum absolute atomic E-state index is 6.45. The van der Waals surface area contributed by atoms with Crippen LogP contribution in [0, 0.1) is 0 Å². The van der Waals surface area contributed by atoms with Crippen LogP contribution in [0.15, 0.2) is 12.2 Å². The van der Waals surface area contributed by atoms with Gasteiger partial charge in [0.05, 0.1) is 12.7 Å². The molecule has 0 radical (unpaired) electrons. The van der Waals surface area contributed by atoms with Crippen LogP contribution in [0.1, 0.15) is 81.6 Å². The highest BCUT2D eigenvalue weighted by Crippen LogP contribution is 2.39. The number of ether oxygens (including phenoxy) is 2. The van der Waals surface area contributed by atoms with Crippen LogP contribution in [-0.4, -0.2) is 47.3 Å². The second-order valence-corrected chi connectivity index (χ2v) is 22.3. The van der Waals surface area contributed by atoms with Crippen molar-refractivity contribution in [2.45, 2.75) is 142 Å². The minimum Gasteiger partial charge on any atom is -0.414 e. The Bertz CT molecular complexity index is 585. The molecule has 0 bridgehead atoms. The zero-order chi connectivity index (χ0) is 24.3. The summed E-state index contributed by atoms with van der Waals surface area (Å²) in [5, 5.41) is 0.447. The molecule has 0 saturated carbocycles. The average molecular weight is 473 g/mol. The van der Waals surface area contributed by atoms with Crippen molar-refractivity contribution in [1.29, 1.82) is 0 Å². The normalized spacial score (nSPS) is 24.2. The molecule has 0 unspecified atom stereocenters. The molecule has 0 spiro atoms. The second kappa shape index (κ2) is 10.5. The van der Waals surface area contributed by atoms with Gasteiger partial charge in [0, 0.05) is 6.10 Å². The Kier molecular flexibility index (Phi) is 9.85. The molecule has 184 valence electrons. The molecule has 6 heteroatoms. The van der Waals surface area contributed by atoms with E-state index in [4.69, 9.17) is 18.3 Å². The average Bonchev–Trinajstić information content (AvgIpc) is 2.84. The molecule has 0 amide bonds. The molecule has 31 heavy (non-hydrogen) atoms. The highest BCUT2D eigenvalue weighted by atomic mass is 28.4. The highest BCUT2D eigenvalue weighted by Gasteiger charge is 2.44. The SMILES string of the molecule is C[C@H](C/C=C/CC[C@@H]1OC(C)(C)O[C@H]1CO[Si](C)(C)C(C)(C)C)O[Si](C)(C)C(C)(C)C. The van der Waals surface area contributed by atoms with Crippen molar-refractivity contribution >= 4 is 16.6 Å². The first-order valence-corrected chi connectivity index (χ1v) is 17.9. The third kappa shape index (κ3) is 9.05. The summed E-state index contributed by atoms with van der Waals surface area (Å²) in [4.78, 5) is 0. The molecule has 3 atom stereocenters. The second-order valence-electron chi connectivity index (χ2n) is 12.8. The van der Waals surface area contributed by atoms with E-state index in [0.717, 1.165) is 19.3 Å². The van der Waals surface area contributed by atoms with Crippen molar-refractivity contribution in [3.8, 4) is 0 Å². The van der Waals surface area contributed by atoms with Crippen molar-refractivity contribution in [2.75, 3.05) is 6.61 Å². The van der Waals surface area contributed by atoms with Crippen molar-refractivity contribution in [3.05, 3.63) is 12.2 Å². The van der Waals surface area contributed by atoms with Crippen LogP contribution in [0.3, 0.4) is 0 Å². The van der Waals surface area contributed by atoms with Gasteiger partial charge >= 0.3 is 0 Å². The van der Waals surface area contributed by atoms with Crippen molar-refractivity contribution in [3.63, 3.8) is 0 Å². The fraction of sp³-hybridized carbons (Fsp3) is 0.920. The first-order valence-electron chi connectivity index (χ1n) is 12.1. The summed E-state index contributed by atoms with van der Waals surface area (Å²) in [6, 6.07) is 0. The summed E-state index contributed by atoms with van der Waals surface area (Å²) in [5.74, 6) is -0.540. The Morgan fingerprint density at radius 1 is 0.871 bits per heavy atom. The van der Waals surface area contributed by atoms with Gasteiger partial charge in [0.2, 0.25) is 0 Å². The molecule has 1 fully saturated rings. The van der Waals surface area contributed by atoms with Crippen LogP contribution in [0.5, 0.6) is 0 Å². The van der Waals surface area contributed by atoms with Crippen molar-refractivity contribution in [1.82, 2.24) is 0 Å². The van der Waals surface area contributed by atoms with Crippen LogP contribution >= 0.6 is 0 Å². The van der Waals surface area contributed by atoms with E-state index in [1.165, 1.54) is 0 Å². The summed E-state index contributed by atoms with van der Waals surface area (Å²) < 4.78 is 25.3. The van der Waals surface area contributed by atoms with E-state index < -0.39 is 22.4 Å². The molecule has 1 saturated heterocycles. The quantitative estimate of drug-likeness (QED) is 0.241. The molecule has 0 aromatic rings. The lowest BCUT2D eigenvalue weighted by molar-refractivity contribution is -0.149. The van der Waals surface area contributed by atoms with Gasteiger partial charge in [-0.25, -0.2) is 0 Å². The minimum absolute atomic E-state index is 0.00151. The molecular formula is C25H52O4Si2. The first-order chi connectivity index (χ1) is 13.8. The highest BCUT2D eigenvalue weighted by molar-refractivity contribution is 6.74. The van der Waals surface area contributed by atoms with Gasteiger partial charge in [-0.05, 0) is 76.3 Å². The standard InChI is InChI=1S/C25H52O4Si2/c1-20(29-31(12,13)24(5,6)7)17-15-14-16-18-21-22(28-25(8,9)27-21)19-26-30(10,11)23(2,3)4/h14-15,20-22H,16-19H2,1-13H3/b15-14+/t20-,21+,22+/m1/s1. The Morgan fingerprint density at radius 3 is 1.90 bits per heavy atom. The van der Waals surface area contributed by atoms with E-state index in [1.807, 2.05) is 13.8 Å². The molecule has 1 heterocycles. The number of rotatable bonds is 10. The predicted octanol–water partition coefficient (Wildman–Crippen LogP) is 7.67. The summed E-state index contributed by atoms with van der Waals surface area (Å²) in [6.45, 7) is 29.7. The Morgan fingerprint density at radius 2 is 1.39 bits per heavy atom. The largest absolute Gasteiger partial charge is 0.414 e. The maximum atomic E-state index is 6.45. The van der Waals surface area contributed by atoms with E-state index in [2.05, 4.69) is 86.8 Å². The summed E-state index contributed by atoms with van der Waals surface area (Å²) in [7, 11) is -3.50. The number of hydrogen-bond donors (Lipinski definition) is 0. The van der Waals surface area contributed by atoms with E-state index in [-0.39, 0.29) is 28.4 Å². The molecule has 0 aromatic heterocycles. The van der Waals surface area contributed by atoms with E-state index in [9.17, 15) is 0 Å². The lowest BCUT2D eigenvalue weighted by Crippen LogP contribution is -2.44. The molecule has 4 nitrogen and oxygen atoms in total. The molecule has 1 aliphatic rings. The Labute approximate surface area is 195 Å². The summed E-state index contributed by atoms with van der Waals surface area (Å²) in [5.41, 5.74) is 0. The van der Waals surface area contributed by atoms with Gasteiger partial charge in [-0.15, -0.1) is 0 Å². The summed E-state index contributed by atoms with van der Waals surface area (Å²) in [6.07, 6.45) is 7.75. The van der Waals surface area contributed by atoms with Gasteiger partial charge in [0.15, 0.2) is 22.4 Å². The van der Waals surface area contributed by atoms with Gasteiger partial charge in [0.25, 0.3) is 0 Å². The fourth-order valence-corrected chi connectivity index (χ4v) is 5.67. The first kappa shape index (κ1) is 29.0. The fourth-order valence-electron chi connectivity index (χ4n) is 3.20. The smallest absolute Gasteiger partial charge is 0.192 e. The van der Waals surface area contributed by atoms with Gasteiger partial charge in [-0.2, -0.15) is 0 Å². The van der Waals surface area contributed by atoms with Crippen molar-refractivity contribution in [2.24, 2.45) is 0 Å². The molecule has 1 aliphatic heterocycles. The minimum atomic E-state index is -1.80. The third-order valence-electron chi connectivity index (χ3n) is 7.25. The van der Waals surface area contributed by atoms with Gasteiger partial charge in [0.1, 0.15) is 6.10 Å². The third-order valence-corrected chi connectivity index (χ3v) is 16.4. The zero-order valence-corrected chi connectivity index (χ0v) is 24.8. The van der Waals surface area contributed by atoms with E-state index >= 15 is 0 Å². The van der Waals surface area contributed by atoms with Crippen LogP contribution in [0.4, 0.5) is 0 Å². The predicted molar refractivity (Wildman–Crippen MR) is 138 cm³/mol. The molecule has 0 aliphatic carbocycles. The molecular weight excluding hydrogens is 420 g/mol. The van der Waals surface area contributed by atoms with Gasteiger partial charge < -0.3 is 18.3 Å². The topological polar surface area (TPSA) is 36.9 Å².